The summed E-state index contributed by atoms with van der Waals surface area (Å²) >= 11 is 0. The van der Waals surface area contributed by atoms with Crippen LogP contribution in [0, 0.1) is 6.92 Å². The van der Waals surface area contributed by atoms with Crippen LogP contribution in [0.1, 0.15) is 27.8 Å². The lowest BCUT2D eigenvalue weighted by molar-refractivity contribution is 0.00506. The quantitative estimate of drug-likeness (QED) is 0.473. The molecule has 9 nitrogen and oxygen atoms in total. The zero-order valence-corrected chi connectivity index (χ0v) is 19.4. The first-order valence-corrected chi connectivity index (χ1v) is 11.2. The number of amides is 1. The van der Waals surface area contributed by atoms with Crippen molar-refractivity contribution in [1.29, 1.82) is 0 Å². The lowest BCUT2D eigenvalue weighted by atomic mass is 10.0. The van der Waals surface area contributed by atoms with Crippen LogP contribution in [0.2, 0.25) is 0 Å². The van der Waals surface area contributed by atoms with E-state index >= 15 is 0 Å². The number of fused-ring (bicyclic) bond motifs is 1. The number of nitrogens with zero attached hydrogens (tertiary/aromatic N) is 5. The highest BCUT2D eigenvalue weighted by molar-refractivity contribution is 5.98. The molecule has 1 amide bonds. The molecule has 1 atom stereocenters. The van der Waals surface area contributed by atoms with Gasteiger partial charge in [-0.2, -0.15) is 0 Å². The van der Waals surface area contributed by atoms with Gasteiger partial charge in [-0.15, -0.1) is 0 Å². The number of rotatable bonds is 5. The van der Waals surface area contributed by atoms with Gasteiger partial charge in [0.15, 0.2) is 11.5 Å². The second-order valence-electron chi connectivity index (χ2n) is 8.57. The maximum absolute atomic E-state index is 12.3. The number of morpholine rings is 1. The molecule has 4 aromatic rings. The summed E-state index contributed by atoms with van der Waals surface area (Å²) in [6, 6.07) is 14.1. The molecule has 0 bridgehead atoms. The van der Waals surface area contributed by atoms with E-state index in [2.05, 4.69) is 44.3 Å². The summed E-state index contributed by atoms with van der Waals surface area (Å²) in [7, 11) is 4.04. The standard InChI is InChI=1S/C25H27N7O2/c1-15-21(18-5-4-6-19-22(18)27-14-32(19)3)30-23(24(26)33)25(28-15)29-17-9-7-16(8-10-17)20-13-34-12-11-31(20)2/h4-10,14,20H,11-13H2,1-3H3,(H2,26,33)(H,28,29). The van der Waals surface area contributed by atoms with Crippen LogP contribution in [0.15, 0.2) is 48.8 Å². The minimum atomic E-state index is -0.651. The molecule has 1 saturated heterocycles. The molecule has 174 valence electrons. The Bertz CT molecular complexity index is 1360. The van der Waals surface area contributed by atoms with Gasteiger partial charge in [0.05, 0.1) is 48.0 Å². The monoisotopic (exact) mass is 457 g/mol. The number of nitrogens with one attached hydrogen (secondary N) is 1. The van der Waals surface area contributed by atoms with Gasteiger partial charge in [0.2, 0.25) is 0 Å². The average Bonchev–Trinajstić information content (AvgIpc) is 3.21. The summed E-state index contributed by atoms with van der Waals surface area (Å²) < 4.78 is 7.57. The zero-order chi connectivity index (χ0) is 23.8. The van der Waals surface area contributed by atoms with E-state index in [-0.39, 0.29) is 11.7 Å². The van der Waals surface area contributed by atoms with Crippen molar-refractivity contribution in [3.63, 3.8) is 0 Å². The molecule has 1 fully saturated rings. The van der Waals surface area contributed by atoms with Gasteiger partial charge in [-0.05, 0) is 37.7 Å². The highest BCUT2D eigenvalue weighted by Gasteiger charge is 2.22. The molecule has 0 saturated carbocycles. The number of imidazole rings is 1. The van der Waals surface area contributed by atoms with E-state index in [0.29, 0.717) is 23.8 Å². The maximum Gasteiger partial charge on any atom is 0.271 e. The van der Waals surface area contributed by atoms with E-state index in [9.17, 15) is 4.79 Å². The van der Waals surface area contributed by atoms with E-state index in [1.54, 1.807) is 6.33 Å². The van der Waals surface area contributed by atoms with Crippen LogP contribution < -0.4 is 11.1 Å². The molecule has 1 unspecified atom stereocenters. The van der Waals surface area contributed by atoms with E-state index in [1.807, 2.05) is 48.9 Å². The lowest BCUT2D eigenvalue weighted by Gasteiger charge is -2.32. The minimum absolute atomic E-state index is 0.0815. The Morgan fingerprint density at radius 2 is 1.94 bits per heavy atom. The molecule has 1 aliphatic heterocycles. The Labute approximate surface area is 197 Å². The highest BCUT2D eigenvalue weighted by atomic mass is 16.5. The fourth-order valence-corrected chi connectivity index (χ4v) is 4.35. The summed E-state index contributed by atoms with van der Waals surface area (Å²) in [5.74, 6) is -0.324. The van der Waals surface area contributed by atoms with Crippen LogP contribution in [0.5, 0.6) is 0 Å². The van der Waals surface area contributed by atoms with Crippen molar-refractivity contribution >= 4 is 28.4 Å². The number of hydrogen-bond acceptors (Lipinski definition) is 7. The van der Waals surface area contributed by atoms with Crippen molar-refractivity contribution in [2.24, 2.45) is 12.8 Å². The number of carbonyl (C=O) groups is 1. The fourth-order valence-electron chi connectivity index (χ4n) is 4.35. The first-order valence-electron chi connectivity index (χ1n) is 11.2. The van der Waals surface area contributed by atoms with Gasteiger partial charge in [-0.25, -0.2) is 15.0 Å². The molecule has 2 aromatic carbocycles. The van der Waals surface area contributed by atoms with Gasteiger partial charge in [-0.1, -0.05) is 24.3 Å². The third-order valence-corrected chi connectivity index (χ3v) is 6.27. The van der Waals surface area contributed by atoms with Crippen LogP contribution in [-0.2, 0) is 11.8 Å². The third kappa shape index (κ3) is 4.00. The third-order valence-electron chi connectivity index (χ3n) is 6.27. The number of aryl methyl sites for hydroxylation is 2. The summed E-state index contributed by atoms with van der Waals surface area (Å²) in [4.78, 5) is 28.4. The molecule has 34 heavy (non-hydrogen) atoms. The fraction of sp³-hybridized carbons (Fsp3) is 0.280. The van der Waals surface area contributed by atoms with Crippen LogP contribution >= 0.6 is 0 Å². The summed E-state index contributed by atoms with van der Waals surface area (Å²) in [5, 5.41) is 3.22. The van der Waals surface area contributed by atoms with Crippen molar-refractivity contribution < 1.29 is 9.53 Å². The van der Waals surface area contributed by atoms with Crippen LogP contribution in [0.3, 0.4) is 0 Å². The van der Waals surface area contributed by atoms with Crippen LogP contribution in [-0.4, -0.2) is 57.1 Å². The van der Waals surface area contributed by atoms with Crippen molar-refractivity contribution in [1.82, 2.24) is 24.4 Å². The molecule has 2 aromatic heterocycles. The molecule has 3 N–H and O–H groups in total. The Balaban J connectivity index is 1.48. The Morgan fingerprint density at radius 3 is 2.68 bits per heavy atom. The Hall–Kier alpha value is -3.82. The van der Waals surface area contributed by atoms with E-state index in [4.69, 9.17) is 10.5 Å². The molecule has 5 rings (SSSR count). The van der Waals surface area contributed by atoms with Crippen LogP contribution in [0.4, 0.5) is 11.5 Å². The number of ether oxygens (including phenoxy) is 1. The van der Waals surface area contributed by atoms with Crippen molar-refractivity contribution in [2.75, 3.05) is 32.1 Å². The second-order valence-corrected chi connectivity index (χ2v) is 8.57. The molecular formula is C25H27N7O2. The van der Waals surface area contributed by atoms with Crippen molar-refractivity contribution in [3.05, 3.63) is 65.7 Å². The number of likely N-dealkylation sites (N-methyl/N-ethyl adjacent to an activating group) is 1. The van der Waals surface area contributed by atoms with Gasteiger partial charge in [-0.3, -0.25) is 9.69 Å². The average molecular weight is 458 g/mol. The number of aromatic nitrogens is 4. The topological polar surface area (TPSA) is 111 Å². The summed E-state index contributed by atoms with van der Waals surface area (Å²) in [6.07, 6.45) is 1.75. The number of para-hydroxylation sites is 1. The van der Waals surface area contributed by atoms with E-state index in [0.717, 1.165) is 35.4 Å². The number of nitrogens with two attached hydrogens (primary N) is 1. The normalized spacial score (nSPS) is 16.6. The maximum atomic E-state index is 12.3. The van der Waals surface area contributed by atoms with Gasteiger partial charge in [0, 0.05) is 24.8 Å². The Kier molecular flexibility index (Phi) is 5.72. The number of carbonyl (C=O) groups excluding carboxylic acids is 1. The lowest BCUT2D eigenvalue weighted by Crippen LogP contribution is -2.36. The Morgan fingerprint density at radius 1 is 1.15 bits per heavy atom. The van der Waals surface area contributed by atoms with E-state index in [1.165, 1.54) is 5.56 Å². The first-order chi connectivity index (χ1) is 16.4. The van der Waals surface area contributed by atoms with Gasteiger partial charge in [0.1, 0.15) is 0 Å². The number of anilines is 2. The molecule has 0 radical (unpaired) electrons. The molecule has 9 heteroatoms. The predicted molar refractivity (Wildman–Crippen MR) is 131 cm³/mol. The molecule has 1 aliphatic rings. The summed E-state index contributed by atoms with van der Waals surface area (Å²) in [6.45, 7) is 4.19. The second kappa shape index (κ2) is 8.85. The first kappa shape index (κ1) is 22.0. The molecule has 0 aliphatic carbocycles. The smallest absolute Gasteiger partial charge is 0.271 e. The minimum Gasteiger partial charge on any atom is -0.378 e. The van der Waals surface area contributed by atoms with E-state index < -0.39 is 5.91 Å². The molecule has 3 heterocycles. The highest BCUT2D eigenvalue weighted by Crippen LogP contribution is 2.31. The molecular weight excluding hydrogens is 430 g/mol. The van der Waals surface area contributed by atoms with Gasteiger partial charge in [0.25, 0.3) is 5.91 Å². The van der Waals surface area contributed by atoms with Crippen LogP contribution in [0.25, 0.3) is 22.3 Å². The number of benzene rings is 2. The summed E-state index contributed by atoms with van der Waals surface area (Å²) in [5.41, 5.74) is 11.6. The number of primary amides is 1. The van der Waals surface area contributed by atoms with Gasteiger partial charge < -0.3 is 20.4 Å². The SMILES string of the molecule is Cc1nc(Nc2ccc(C3COCCN3C)cc2)c(C(N)=O)nc1-c1cccc2c1ncn2C. The predicted octanol–water partition coefficient (Wildman–Crippen LogP) is 3.18. The molecule has 0 spiro atoms. The van der Waals surface area contributed by atoms with Crippen molar-refractivity contribution in [2.45, 2.75) is 13.0 Å². The number of hydrogen-bond donors (Lipinski definition) is 2. The zero-order valence-electron chi connectivity index (χ0n) is 19.4. The van der Waals surface area contributed by atoms with Crippen molar-refractivity contribution in [3.8, 4) is 11.3 Å². The van der Waals surface area contributed by atoms with Gasteiger partial charge >= 0.3 is 0 Å². The largest absolute Gasteiger partial charge is 0.378 e.